The first-order valence-corrected chi connectivity index (χ1v) is 12.3. The molecule has 1 saturated heterocycles. The third-order valence-corrected chi connectivity index (χ3v) is 7.70. The van der Waals surface area contributed by atoms with Gasteiger partial charge in [0.1, 0.15) is 12.3 Å². The number of amides is 2. The summed E-state index contributed by atoms with van der Waals surface area (Å²) in [5.41, 5.74) is 7.59. The smallest absolute Gasteiger partial charge is 0.402 e. The van der Waals surface area contributed by atoms with E-state index in [-0.39, 0.29) is 29.9 Å². The highest BCUT2D eigenvalue weighted by Gasteiger charge is 2.48. The molecule has 0 aromatic carbocycles. The Labute approximate surface area is 201 Å². The van der Waals surface area contributed by atoms with Crippen molar-refractivity contribution in [1.29, 1.82) is 0 Å². The minimum Gasteiger partial charge on any atom is -0.402 e. The van der Waals surface area contributed by atoms with Gasteiger partial charge >= 0.3 is 12.2 Å². The number of halogens is 3. The van der Waals surface area contributed by atoms with Crippen molar-refractivity contribution in [3.63, 3.8) is 0 Å². The van der Waals surface area contributed by atoms with Gasteiger partial charge in [0.05, 0.1) is 18.7 Å². The number of allylic oxidation sites excluding steroid dienone is 6. The second kappa shape index (κ2) is 10.3. The van der Waals surface area contributed by atoms with Crippen molar-refractivity contribution in [3.8, 4) is 0 Å². The number of hydrogen-bond acceptors (Lipinski definition) is 3. The van der Waals surface area contributed by atoms with Crippen molar-refractivity contribution >= 4 is 11.7 Å². The van der Waals surface area contributed by atoms with Crippen LogP contribution in [-0.2, 0) is 4.74 Å². The molecule has 2 aliphatic carbocycles. The lowest BCUT2D eigenvalue weighted by atomic mass is 9.55. The van der Waals surface area contributed by atoms with Gasteiger partial charge in [0.15, 0.2) is 0 Å². The van der Waals surface area contributed by atoms with E-state index in [1.807, 2.05) is 33.8 Å². The van der Waals surface area contributed by atoms with Crippen LogP contribution >= 0.6 is 0 Å². The molecule has 0 aromatic heterocycles. The summed E-state index contributed by atoms with van der Waals surface area (Å²) in [7, 11) is 1.70. The maximum absolute atomic E-state index is 13.5. The highest BCUT2D eigenvalue weighted by Crippen LogP contribution is 2.55. The Morgan fingerprint density at radius 3 is 2.56 bits per heavy atom. The van der Waals surface area contributed by atoms with E-state index >= 15 is 0 Å². The van der Waals surface area contributed by atoms with Crippen molar-refractivity contribution in [3.05, 3.63) is 35.1 Å². The number of alkyl halides is 3. The third-order valence-electron chi connectivity index (χ3n) is 7.70. The lowest BCUT2D eigenvalue weighted by Gasteiger charge is -2.50. The number of ether oxygens (including phenoxy) is 1. The number of nitrogens with two attached hydrogens (primary N) is 1. The molecule has 8 heteroatoms. The fraction of sp³-hybridized carbons (Fsp3) is 0.692. The van der Waals surface area contributed by atoms with Crippen molar-refractivity contribution in [2.75, 3.05) is 20.2 Å². The highest BCUT2D eigenvalue weighted by molar-refractivity contribution is 5.92. The van der Waals surface area contributed by atoms with Crippen molar-refractivity contribution in [1.82, 2.24) is 5.32 Å². The standard InChI is InChI=1S/C26H38F3N3O2/c1-6-17-13-18(26(27,28)29)14-25(3,4)23(17)21-10-9-20(21)22(30)12-16(2)32(5)24(33)31-15-19-8-7-11-34-19/h12-14,19-21,23,30H,6-11,15H2,1-5H3,(H,31,33)/p+1. The van der Waals surface area contributed by atoms with Crippen LogP contribution in [0, 0.1) is 23.2 Å². The molecule has 1 aliphatic heterocycles. The molecule has 4 atom stereocenters. The van der Waals surface area contributed by atoms with E-state index < -0.39 is 17.2 Å². The van der Waals surface area contributed by atoms with E-state index in [1.165, 1.54) is 16.7 Å². The van der Waals surface area contributed by atoms with E-state index in [2.05, 4.69) is 5.32 Å². The first-order chi connectivity index (χ1) is 15.8. The summed E-state index contributed by atoms with van der Waals surface area (Å²) >= 11 is 0. The van der Waals surface area contributed by atoms with Crippen LogP contribution in [0.15, 0.2) is 35.1 Å². The minimum absolute atomic E-state index is 0.00189. The van der Waals surface area contributed by atoms with Crippen LogP contribution in [0.25, 0.3) is 0 Å². The largest absolute Gasteiger partial charge is 0.491 e. The number of urea groups is 1. The fourth-order valence-corrected chi connectivity index (χ4v) is 5.68. The van der Waals surface area contributed by atoms with E-state index in [0.29, 0.717) is 18.7 Å². The average Bonchev–Trinajstić information content (AvgIpc) is 3.24. The molecule has 3 N–H and O–H groups in total. The van der Waals surface area contributed by atoms with Gasteiger partial charge in [0, 0.05) is 18.2 Å². The predicted octanol–water partition coefficient (Wildman–Crippen LogP) is 5.33. The Morgan fingerprint density at radius 2 is 2.03 bits per heavy atom. The topological polar surface area (TPSA) is 67.4 Å². The zero-order valence-corrected chi connectivity index (χ0v) is 21.0. The van der Waals surface area contributed by atoms with Crippen LogP contribution in [0.4, 0.5) is 18.0 Å². The minimum atomic E-state index is -4.35. The molecule has 2 fully saturated rings. The van der Waals surface area contributed by atoms with E-state index in [9.17, 15) is 18.0 Å². The Balaban J connectivity index is 1.74. The second-order valence-electron chi connectivity index (χ2n) is 10.5. The highest BCUT2D eigenvalue weighted by atomic mass is 19.4. The molecule has 2 amide bonds. The quantitative estimate of drug-likeness (QED) is 0.397. The van der Waals surface area contributed by atoms with E-state index in [1.54, 1.807) is 7.05 Å². The number of carbonyl (C=O) groups is 1. The molecule has 0 spiro atoms. The second-order valence-corrected chi connectivity index (χ2v) is 10.5. The predicted molar refractivity (Wildman–Crippen MR) is 128 cm³/mol. The van der Waals surface area contributed by atoms with Crippen molar-refractivity contribution in [2.24, 2.45) is 28.9 Å². The molecule has 0 aromatic rings. The monoisotopic (exact) mass is 482 g/mol. The summed E-state index contributed by atoms with van der Waals surface area (Å²) < 4.78 is 47.5. The van der Waals surface area contributed by atoms with Gasteiger partial charge in [-0.1, -0.05) is 38.5 Å². The fourth-order valence-electron chi connectivity index (χ4n) is 5.68. The third kappa shape index (κ3) is 5.75. The molecule has 4 unspecified atom stereocenters. The molecule has 190 valence electrons. The molecule has 1 saturated carbocycles. The van der Waals surface area contributed by atoms with Crippen LogP contribution in [0.3, 0.4) is 0 Å². The number of nitrogens with zero attached hydrogens (tertiary/aromatic N) is 1. The summed E-state index contributed by atoms with van der Waals surface area (Å²) in [6, 6.07) is -0.211. The lowest BCUT2D eigenvalue weighted by Crippen LogP contribution is -2.44. The summed E-state index contributed by atoms with van der Waals surface area (Å²) in [6.07, 6.45) is 4.66. The van der Waals surface area contributed by atoms with E-state index in [0.717, 1.165) is 43.6 Å². The maximum Gasteiger partial charge on any atom is 0.491 e. The average molecular weight is 483 g/mol. The van der Waals surface area contributed by atoms with Crippen molar-refractivity contribution in [2.45, 2.75) is 72.1 Å². The molecule has 0 bridgehead atoms. The molecule has 34 heavy (non-hydrogen) atoms. The van der Waals surface area contributed by atoms with Gasteiger partial charge in [-0.2, -0.15) is 22.5 Å². The zero-order valence-electron chi connectivity index (χ0n) is 21.0. The van der Waals surface area contributed by atoms with E-state index in [4.69, 9.17) is 10.5 Å². The Hall–Kier alpha value is -2.09. The molecular weight excluding hydrogens is 443 g/mol. The molecular formula is C26H39F3N3O2+. The van der Waals surface area contributed by atoms with Crippen LogP contribution in [0.2, 0.25) is 0 Å². The van der Waals surface area contributed by atoms with Gasteiger partial charge in [-0.05, 0) is 62.4 Å². The van der Waals surface area contributed by atoms with Gasteiger partial charge in [0.2, 0.25) is 0 Å². The van der Waals surface area contributed by atoms with Crippen LogP contribution in [0.5, 0.6) is 0 Å². The van der Waals surface area contributed by atoms with Crippen LogP contribution in [0.1, 0.15) is 59.8 Å². The van der Waals surface area contributed by atoms with Gasteiger partial charge in [-0.25, -0.2) is 5.32 Å². The van der Waals surface area contributed by atoms with Crippen LogP contribution < -0.4 is 11.1 Å². The number of rotatable bonds is 6. The van der Waals surface area contributed by atoms with Crippen molar-refractivity contribution < 1.29 is 27.3 Å². The van der Waals surface area contributed by atoms with Gasteiger partial charge in [0.25, 0.3) is 0 Å². The molecule has 3 aliphatic rings. The summed E-state index contributed by atoms with van der Waals surface area (Å²) in [6.45, 7) is 8.77. The Kier molecular flexibility index (Phi) is 8.00. The first-order valence-electron chi connectivity index (χ1n) is 12.3. The first kappa shape index (κ1) is 26.5. The Morgan fingerprint density at radius 1 is 1.32 bits per heavy atom. The number of carbonyl (C=O) groups excluding carboxylic acids is 1. The van der Waals surface area contributed by atoms with Gasteiger partial charge in [-0.15, -0.1) is 0 Å². The molecule has 1 heterocycles. The normalized spacial score (nSPS) is 30.2. The molecule has 5 nitrogen and oxygen atoms in total. The molecule has 3 rings (SSSR count). The van der Waals surface area contributed by atoms with Crippen LogP contribution in [-0.4, -0.2) is 48.8 Å². The SMILES string of the molecule is CCC1=CC(C(F)(F)F)=CC(C)(C)C1C1CCC1/C(N)=C/C(C)=[N+](\C)C(=O)NCC1CCCO1. The maximum atomic E-state index is 13.5. The zero-order chi connectivity index (χ0) is 25.3. The number of nitrogens with one attached hydrogen (secondary N) is 1. The van der Waals surface area contributed by atoms with Gasteiger partial charge in [-0.3, -0.25) is 0 Å². The Bertz CT molecular complexity index is 909. The summed E-state index contributed by atoms with van der Waals surface area (Å²) in [5, 5.41) is 2.90. The van der Waals surface area contributed by atoms with Gasteiger partial charge < -0.3 is 10.5 Å². The summed E-state index contributed by atoms with van der Waals surface area (Å²) in [4.78, 5) is 12.5. The summed E-state index contributed by atoms with van der Waals surface area (Å²) in [5.74, 6) is 0.260. The lowest BCUT2D eigenvalue weighted by molar-refractivity contribution is -0.393. The molecule has 0 radical (unpaired) electrons. The number of hydrogen-bond donors (Lipinski definition) is 2.